The Hall–Kier alpha value is -4.04. The van der Waals surface area contributed by atoms with Gasteiger partial charge in [0.05, 0.1) is 11.1 Å². The second-order valence-electron chi connectivity index (χ2n) is 11.0. The van der Waals surface area contributed by atoms with Gasteiger partial charge in [0.25, 0.3) is 0 Å². The van der Waals surface area contributed by atoms with Crippen LogP contribution in [0, 0.1) is 29.6 Å². The fourth-order valence-corrected chi connectivity index (χ4v) is 7.21. The molecule has 5 nitrogen and oxygen atoms in total. The Morgan fingerprint density at radius 2 is 1.16 bits per heavy atom. The predicted octanol–water partition coefficient (Wildman–Crippen LogP) is 6.74. The van der Waals surface area contributed by atoms with E-state index in [0.29, 0.717) is 16.7 Å². The van der Waals surface area contributed by atoms with Crippen LogP contribution < -0.4 is 4.74 Å². The third-order valence-electron chi connectivity index (χ3n) is 8.43. The number of hydrogen-bond donors (Lipinski definition) is 2. The van der Waals surface area contributed by atoms with Crippen LogP contribution in [0.2, 0.25) is 0 Å². The molecule has 2 N–H and O–H groups in total. The van der Waals surface area contributed by atoms with Gasteiger partial charge in [0.1, 0.15) is 11.5 Å². The van der Waals surface area contributed by atoms with E-state index < -0.39 is 11.9 Å². The van der Waals surface area contributed by atoms with Gasteiger partial charge in [-0.05, 0) is 122 Å². The zero-order chi connectivity index (χ0) is 25.6. The van der Waals surface area contributed by atoms with Crippen molar-refractivity contribution in [1.82, 2.24) is 0 Å². The van der Waals surface area contributed by atoms with E-state index in [0.717, 1.165) is 29.1 Å². The summed E-state index contributed by atoms with van der Waals surface area (Å²) in [7, 11) is 0. The van der Waals surface area contributed by atoms with Crippen molar-refractivity contribution in [2.24, 2.45) is 17.8 Å². The van der Waals surface area contributed by atoms with Crippen molar-refractivity contribution in [3.63, 3.8) is 0 Å². The number of hydrogen-bond acceptors (Lipinski definition) is 3. The molecule has 0 spiro atoms. The zero-order valence-corrected chi connectivity index (χ0v) is 20.4. The second-order valence-corrected chi connectivity index (χ2v) is 11.0. The maximum Gasteiger partial charge on any atom is 0.336 e. The van der Waals surface area contributed by atoms with Crippen LogP contribution in [-0.4, -0.2) is 22.2 Å². The Kier molecular flexibility index (Phi) is 5.76. The second kappa shape index (κ2) is 9.12. The minimum atomic E-state index is -1.30. The first-order valence-electron chi connectivity index (χ1n) is 12.9. The van der Waals surface area contributed by atoms with Gasteiger partial charge in [-0.2, -0.15) is 0 Å². The van der Waals surface area contributed by atoms with Crippen molar-refractivity contribution in [1.29, 1.82) is 0 Å². The lowest BCUT2D eigenvalue weighted by atomic mass is 9.48. The molecule has 7 rings (SSSR count). The SMILES string of the molecule is O=C(O)c1ccc(C#Cc2ccc(Oc3ccc(C45CC6CC(CC(C6)C4)C5)cc3)cc2)cc1C(=O)O. The summed E-state index contributed by atoms with van der Waals surface area (Å²) < 4.78 is 6.08. The van der Waals surface area contributed by atoms with Crippen molar-refractivity contribution in [2.75, 3.05) is 0 Å². The third-order valence-corrected chi connectivity index (χ3v) is 8.43. The van der Waals surface area contributed by atoms with Gasteiger partial charge >= 0.3 is 11.9 Å². The summed E-state index contributed by atoms with van der Waals surface area (Å²) in [5.74, 6) is 7.61. The number of carboxylic acids is 2. The van der Waals surface area contributed by atoms with E-state index in [9.17, 15) is 14.7 Å². The summed E-state index contributed by atoms with van der Waals surface area (Å²) in [4.78, 5) is 22.6. The minimum Gasteiger partial charge on any atom is -0.478 e. The quantitative estimate of drug-likeness (QED) is 0.385. The summed E-state index contributed by atoms with van der Waals surface area (Å²) in [6.45, 7) is 0. The molecule has 0 unspecified atom stereocenters. The molecule has 0 saturated heterocycles. The average molecular weight is 493 g/mol. The molecular formula is C32H28O5. The van der Waals surface area contributed by atoms with E-state index in [1.165, 1.54) is 62.3 Å². The third kappa shape index (κ3) is 4.60. The first-order valence-corrected chi connectivity index (χ1v) is 12.9. The van der Waals surface area contributed by atoms with E-state index in [1.807, 2.05) is 24.3 Å². The van der Waals surface area contributed by atoms with Crippen LogP contribution >= 0.6 is 0 Å². The van der Waals surface area contributed by atoms with Crippen molar-refractivity contribution >= 4 is 11.9 Å². The van der Waals surface area contributed by atoms with Crippen LogP contribution in [0.3, 0.4) is 0 Å². The van der Waals surface area contributed by atoms with Crippen molar-refractivity contribution < 1.29 is 24.5 Å². The molecule has 4 bridgehead atoms. The molecule has 0 aromatic heterocycles. The summed E-state index contributed by atoms with van der Waals surface area (Å²) >= 11 is 0. The van der Waals surface area contributed by atoms with Crippen LogP contribution in [0.5, 0.6) is 11.5 Å². The van der Waals surface area contributed by atoms with Crippen LogP contribution in [0.15, 0.2) is 66.7 Å². The van der Waals surface area contributed by atoms with Crippen LogP contribution in [0.25, 0.3) is 0 Å². The normalized spacial score (nSPS) is 25.2. The molecule has 4 saturated carbocycles. The number of benzene rings is 3. The molecule has 0 heterocycles. The van der Waals surface area contributed by atoms with Gasteiger partial charge in [0.2, 0.25) is 0 Å². The topological polar surface area (TPSA) is 83.8 Å². The van der Waals surface area contributed by atoms with E-state index >= 15 is 0 Å². The molecule has 4 aliphatic rings. The van der Waals surface area contributed by atoms with Gasteiger partial charge in [-0.15, -0.1) is 0 Å². The summed E-state index contributed by atoms with van der Waals surface area (Å²) in [6.07, 6.45) is 8.39. The highest BCUT2D eigenvalue weighted by atomic mass is 16.5. The Bertz CT molecular complexity index is 1390. The summed E-state index contributed by atoms with van der Waals surface area (Å²) in [5, 5.41) is 18.4. The van der Waals surface area contributed by atoms with Crippen LogP contribution in [0.1, 0.15) is 75.9 Å². The number of carbonyl (C=O) groups is 2. The van der Waals surface area contributed by atoms with Crippen molar-refractivity contribution in [3.05, 3.63) is 94.5 Å². The largest absolute Gasteiger partial charge is 0.478 e. The van der Waals surface area contributed by atoms with Crippen LogP contribution in [0.4, 0.5) is 0 Å². The smallest absolute Gasteiger partial charge is 0.336 e. The van der Waals surface area contributed by atoms with Gasteiger partial charge < -0.3 is 14.9 Å². The molecule has 0 aliphatic heterocycles. The van der Waals surface area contributed by atoms with Gasteiger partial charge in [-0.1, -0.05) is 24.0 Å². The Morgan fingerprint density at radius 3 is 1.70 bits per heavy atom. The average Bonchev–Trinajstić information content (AvgIpc) is 2.87. The molecule has 0 atom stereocenters. The standard InChI is InChI=1S/C32H28O5/c33-30(34)28-12-5-21(16-29(28)31(35)36)2-1-20-3-8-26(9-4-20)37-27-10-6-25(7-11-27)32-17-22-13-23(18-32)15-24(14-22)19-32/h3-12,16,22-24H,13-15,17-19H2,(H,33,34)(H,35,36). The molecule has 186 valence electrons. The molecule has 5 heteroatoms. The number of ether oxygens (including phenoxy) is 1. The molecule has 0 amide bonds. The first kappa shape index (κ1) is 23.4. The van der Waals surface area contributed by atoms with E-state index in [-0.39, 0.29) is 11.1 Å². The lowest BCUT2D eigenvalue weighted by Crippen LogP contribution is -2.48. The highest BCUT2D eigenvalue weighted by Crippen LogP contribution is 2.60. The molecular weight excluding hydrogens is 464 g/mol. The maximum atomic E-state index is 11.4. The van der Waals surface area contributed by atoms with E-state index in [4.69, 9.17) is 9.84 Å². The Labute approximate surface area is 216 Å². The number of aromatic carboxylic acids is 2. The molecule has 3 aromatic rings. The molecule has 37 heavy (non-hydrogen) atoms. The fraction of sp³-hybridized carbons (Fsp3) is 0.312. The zero-order valence-electron chi connectivity index (χ0n) is 20.4. The lowest BCUT2D eigenvalue weighted by Gasteiger charge is -2.57. The maximum absolute atomic E-state index is 11.4. The predicted molar refractivity (Wildman–Crippen MR) is 139 cm³/mol. The van der Waals surface area contributed by atoms with Crippen molar-refractivity contribution in [3.8, 4) is 23.3 Å². The van der Waals surface area contributed by atoms with Gasteiger partial charge in [0, 0.05) is 11.1 Å². The summed E-state index contributed by atoms with van der Waals surface area (Å²) in [6, 6.07) is 20.2. The van der Waals surface area contributed by atoms with Crippen LogP contribution in [-0.2, 0) is 5.41 Å². The molecule has 0 radical (unpaired) electrons. The minimum absolute atomic E-state index is 0.259. The molecule has 4 aliphatic carbocycles. The number of carboxylic acid groups (broad SMARTS) is 2. The molecule has 3 aromatic carbocycles. The van der Waals surface area contributed by atoms with Gasteiger partial charge in [-0.25, -0.2) is 9.59 Å². The highest BCUT2D eigenvalue weighted by Gasteiger charge is 2.51. The first-order chi connectivity index (χ1) is 17.9. The van der Waals surface area contributed by atoms with Gasteiger partial charge in [0.15, 0.2) is 0 Å². The Balaban J connectivity index is 1.13. The Morgan fingerprint density at radius 1 is 0.676 bits per heavy atom. The summed E-state index contributed by atoms with van der Waals surface area (Å²) in [5.41, 5.74) is 2.49. The van der Waals surface area contributed by atoms with Crippen molar-refractivity contribution in [2.45, 2.75) is 43.9 Å². The van der Waals surface area contributed by atoms with E-state index in [1.54, 1.807) is 0 Å². The fourth-order valence-electron chi connectivity index (χ4n) is 7.21. The van der Waals surface area contributed by atoms with Gasteiger partial charge in [-0.3, -0.25) is 0 Å². The highest BCUT2D eigenvalue weighted by molar-refractivity contribution is 6.01. The van der Waals surface area contributed by atoms with E-state index in [2.05, 4.69) is 36.1 Å². The number of rotatable bonds is 5. The lowest BCUT2D eigenvalue weighted by molar-refractivity contribution is -0.00520. The monoisotopic (exact) mass is 492 g/mol. The molecule has 4 fully saturated rings.